The minimum atomic E-state index is -0.485. The van der Waals surface area contributed by atoms with Crippen molar-refractivity contribution in [3.63, 3.8) is 0 Å². The average Bonchev–Trinajstić information content (AvgIpc) is 2.73. The molecule has 90 valence electrons. The summed E-state index contributed by atoms with van der Waals surface area (Å²) in [6.45, 7) is 1.97. The van der Waals surface area contributed by atoms with Crippen LogP contribution in [-0.2, 0) is 0 Å². The standard InChI is InChI=1S/C12H12ClNOS2/c1-8-6-16-12(14-8)17-7-11(15)9-2-4-10(13)5-3-9/h2-6,11,15H,7H2,1H3. The van der Waals surface area contributed by atoms with Gasteiger partial charge < -0.3 is 5.11 Å². The van der Waals surface area contributed by atoms with Crippen molar-refractivity contribution >= 4 is 34.7 Å². The molecule has 1 N–H and O–H groups in total. The molecule has 5 heteroatoms. The summed E-state index contributed by atoms with van der Waals surface area (Å²) >= 11 is 8.98. The van der Waals surface area contributed by atoms with Crippen molar-refractivity contribution < 1.29 is 5.11 Å². The number of thioether (sulfide) groups is 1. The Morgan fingerprint density at radius 3 is 2.71 bits per heavy atom. The molecule has 2 nitrogen and oxygen atoms in total. The van der Waals surface area contributed by atoms with E-state index in [-0.39, 0.29) is 0 Å². The topological polar surface area (TPSA) is 33.1 Å². The molecule has 0 saturated heterocycles. The van der Waals surface area contributed by atoms with Crippen LogP contribution in [0.1, 0.15) is 17.4 Å². The number of aromatic nitrogens is 1. The number of halogens is 1. The van der Waals surface area contributed by atoms with Gasteiger partial charge in [-0.2, -0.15) is 0 Å². The molecule has 0 fully saturated rings. The van der Waals surface area contributed by atoms with E-state index in [1.165, 1.54) is 0 Å². The molecule has 0 aliphatic heterocycles. The highest BCUT2D eigenvalue weighted by Gasteiger charge is 2.09. The van der Waals surface area contributed by atoms with Crippen LogP contribution >= 0.6 is 34.7 Å². The SMILES string of the molecule is Cc1csc(SCC(O)c2ccc(Cl)cc2)n1. The van der Waals surface area contributed by atoms with Crippen LogP contribution in [0.3, 0.4) is 0 Å². The highest BCUT2D eigenvalue weighted by atomic mass is 35.5. The maximum absolute atomic E-state index is 9.99. The Labute approximate surface area is 114 Å². The van der Waals surface area contributed by atoms with E-state index in [9.17, 15) is 5.11 Å². The van der Waals surface area contributed by atoms with E-state index in [0.717, 1.165) is 15.6 Å². The van der Waals surface area contributed by atoms with Gasteiger partial charge >= 0.3 is 0 Å². The molecular formula is C12H12ClNOS2. The molecule has 17 heavy (non-hydrogen) atoms. The lowest BCUT2D eigenvalue weighted by atomic mass is 10.1. The van der Waals surface area contributed by atoms with Gasteiger partial charge in [-0.15, -0.1) is 11.3 Å². The van der Waals surface area contributed by atoms with Crippen LogP contribution in [0.4, 0.5) is 0 Å². The average molecular weight is 286 g/mol. The third-order valence-electron chi connectivity index (χ3n) is 2.22. The third kappa shape index (κ3) is 3.71. The number of aliphatic hydroxyl groups excluding tert-OH is 1. The predicted octanol–water partition coefficient (Wildman–Crippen LogP) is 3.93. The van der Waals surface area contributed by atoms with E-state index in [4.69, 9.17) is 11.6 Å². The molecule has 1 aromatic carbocycles. The third-order valence-corrected chi connectivity index (χ3v) is 4.68. The zero-order chi connectivity index (χ0) is 12.3. The minimum Gasteiger partial charge on any atom is -0.388 e. The molecule has 0 radical (unpaired) electrons. The van der Waals surface area contributed by atoms with Crippen molar-refractivity contribution in [3.8, 4) is 0 Å². The number of hydrogen-bond acceptors (Lipinski definition) is 4. The molecule has 1 atom stereocenters. The molecule has 0 aliphatic carbocycles. The lowest BCUT2D eigenvalue weighted by Gasteiger charge is -2.09. The number of rotatable bonds is 4. The summed E-state index contributed by atoms with van der Waals surface area (Å²) in [6.07, 6.45) is -0.485. The monoisotopic (exact) mass is 285 g/mol. The van der Waals surface area contributed by atoms with Crippen molar-refractivity contribution in [2.45, 2.75) is 17.4 Å². The molecule has 2 aromatic rings. The number of aryl methyl sites for hydroxylation is 1. The summed E-state index contributed by atoms with van der Waals surface area (Å²) in [5.74, 6) is 0.606. The van der Waals surface area contributed by atoms with Gasteiger partial charge in [-0.3, -0.25) is 0 Å². The van der Waals surface area contributed by atoms with Crippen LogP contribution in [0.15, 0.2) is 34.0 Å². The van der Waals surface area contributed by atoms with Crippen molar-refractivity contribution in [1.82, 2.24) is 4.98 Å². The van der Waals surface area contributed by atoms with Crippen molar-refractivity contribution in [1.29, 1.82) is 0 Å². The summed E-state index contributed by atoms with van der Waals surface area (Å²) in [5, 5.41) is 12.7. The first-order chi connectivity index (χ1) is 8.15. The molecule has 1 heterocycles. The lowest BCUT2D eigenvalue weighted by Crippen LogP contribution is -1.99. The maximum atomic E-state index is 9.99. The Morgan fingerprint density at radius 1 is 1.41 bits per heavy atom. The van der Waals surface area contributed by atoms with Gasteiger partial charge in [0.2, 0.25) is 0 Å². The van der Waals surface area contributed by atoms with E-state index >= 15 is 0 Å². The summed E-state index contributed by atoms with van der Waals surface area (Å²) in [5.41, 5.74) is 1.91. The van der Waals surface area contributed by atoms with E-state index in [1.54, 1.807) is 35.2 Å². The van der Waals surface area contributed by atoms with Gasteiger partial charge in [0.05, 0.1) is 6.10 Å². The summed E-state index contributed by atoms with van der Waals surface area (Å²) < 4.78 is 0.996. The fourth-order valence-corrected chi connectivity index (χ4v) is 3.30. The van der Waals surface area contributed by atoms with Crippen molar-refractivity contribution in [2.24, 2.45) is 0 Å². The fraction of sp³-hybridized carbons (Fsp3) is 0.250. The number of nitrogens with zero attached hydrogens (tertiary/aromatic N) is 1. The van der Waals surface area contributed by atoms with Gasteiger partial charge in [0.25, 0.3) is 0 Å². The smallest absolute Gasteiger partial charge is 0.150 e. The molecule has 0 saturated carbocycles. The molecule has 2 rings (SSSR count). The Hall–Kier alpha value is -0.550. The van der Waals surface area contributed by atoms with Crippen molar-refractivity contribution in [3.05, 3.63) is 45.9 Å². The molecule has 0 spiro atoms. The Morgan fingerprint density at radius 2 is 2.12 bits per heavy atom. The van der Waals surface area contributed by atoms with E-state index < -0.39 is 6.10 Å². The second-order valence-electron chi connectivity index (χ2n) is 3.63. The Balaban J connectivity index is 1.93. The van der Waals surface area contributed by atoms with E-state index in [1.807, 2.05) is 24.4 Å². The summed E-state index contributed by atoms with van der Waals surface area (Å²) in [7, 11) is 0. The summed E-state index contributed by atoms with van der Waals surface area (Å²) in [6, 6.07) is 7.28. The van der Waals surface area contributed by atoms with Gasteiger partial charge in [0, 0.05) is 21.8 Å². The van der Waals surface area contributed by atoms with E-state index in [0.29, 0.717) is 10.8 Å². The van der Waals surface area contributed by atoms with Crippen LogP contribution in [0.25, 0.3) is 0 Å². The highest BCUT2D eigenvalue weighted by Crippen LogP contribution is 2.27. The Bertz CT molecular complexity index is 484. The maximum Gasteiger partial charge on any atom is 0.150 e. The molecule has 1 aromatic heterocycles. The van der Waals surface area contributed by atoms with Gasteiger partial charge in [-0.25, -0.2) is 4.98 Å². The fourth-order valence-electron chi connectivity index (χ4n) is 1.33. The Kier molecular flexibility index (Phi) is 4.45. The zero-order valence-corrected chi connectivity index (χ0v) is 11.6. The normalized spacial score (nSPS) is 12.6. The van der Waals surface area contributed by atoms with Crippen LogP contribution in [-0.4, -0.2) is 15.8 Å². The highest BCUT2D eigenvalue weighted by molar-refractivity contribution is 8.01. The number of thiazole rings is 1. The second-order valence-corrected chi connectivity index (χ2v) is 6.19. The first-order valence-corrected chi connectivity index (χ1v) is 7.38. The zero-order valence-electron chi connectivity index (χ0n) is 9.26. The molecule has 1 unspecified atom stereocenters. The number of aliphatic hydroxyl groups is 1. The number of benzene rings is 1. The quantitative estimate of drug-likeness (QED) is 0.864. The molecule has 0 amide bonds. The molecular weight excluding hydrogens is 274 g/mol. The van der Waals surface area contributed by atoms with Gasteiger partial charge in [-0.1, -0.05) is 35.5 Å². The largest absolute Gasteiger partial charge is 0.388 e. The molecule has 0 aliphatic rings. The summed E-state index contributed by atoms with van der Waals surface area (Å²) in [4.78, 5) is 4.34. The van der Waals surface area contributed by atoms with Crippen LogP contribution < -0.4 is 0 Å². The predicted molar refractivity (Wildman–Crippen MR) is 74.0 cm³/mol. The first-order valence-electron chi connectivity index (χ1n) is 5.13. The number of hydrogen-bond donors (Lipinski definition) is 1. The van der Waals surface area contributed by atoms with E-state index in [2.05, 4.69) is 4.98 Å². The van der Waals surface area contributed by atoms with Crippen LogP contribution in [0.5, 0.6) is 0 Å². The van der Waals surface area contributed by atoms with Gasteiger partial charge in [0.15, 0.2) is 0 Å². The first kappa shape index (κ1) is 12.9. The van der Waals surface area contributed by atoms with Crippen molar-refractivity contribution in [2.75, 3.05) is 5.75 Å². The van der Waals surface area contributed by atoms with Gasteiger partial charge in [0.1, 0.15) is 4.34 Å². The molecule has 0 bridgehead atoms. The minimum absolute atomic E-state index is 0.485. The van der Waals surface area contributed by atoms with Crippen LogP contribution in [0.2, 0.25) is 5.02 Å². The lowest BCUT2D eigenvalue weighted by molar-refractivity contribution is 0.204. The van der Waals surface area contributed by atoms with Gasteiger partial charge in [-0.05, 0) is 24.6 Å². The second kappa shape index (κ2) is 5.87. The van der Waals surface area contributed by atoms with Crippen LogP contribution in [0, 0.1) is 6.92 Å².